The number of rotatable bonds is 3. The number of aryl methyl sites for hydroxylation is 3. The van der Waals surface area contributed by atoms with Crippen molar-refractivity contribution in [3.63, 3.8) is 0 Å². The van der Waals surface area contributed by atoms with Crippen LogP contribution in [-0.2, 0) is 9.84 Å². The van der Waals surface area contributed by atoms with Crippen molar-refractivity contribution in [3.05, 3.63) is 27.5 Å². The van der Waals surface area contributed by atoms with Crippen molar-refractivity contribution < 1.29 is 13.2 Å². The van der Waals surface area contributed by atoms with Gasteiger partial charge in [0, 0.05) is 10.6 Å². The van der Waals surface area contributed by atoms with Gasteiger partial charge in [-0.15, -0.1) is 11.3 Å². The molecule has 1 fully saturated rings. The summed E-state index contributed by atoms with van der Waals surface area (Å²) >= 11 is 1.43. The van der Waals surface area contributed by atoms with Crippen molar-refractivity contribution in [1.82, 2.24) is 14.8 Å². The van der Waals surface area contributed by atoms with Crippen LogP contribution in [0.25, 0.3) is 0 Å². The van der Waals surface area contributed by atoms with Crippen LogP contribution in [0, 0.1) is 27.7 Å². The first kappa shape index (κ1) is 17.1. The highest BCUT2D eigenvalue weighted by atomic mass is 32.2. The van der Waals surface area contributed by atoms with E-state index in [1.807, 2.05) is 13.8 Å². The Hall–Kier alpha value is -1.74. The Morgan fingerprint density at radius 3 is 2.50 bits per heavy atom. The topological polar surface area (TPSA) is 93.9 Å². The second-order valence-corrected chi connectivity index (χ2v) is 9.59. The van der Waals surface area contributed by atoms with Crippen molar-refractivity contribution in [2.24, 2.45) is 0 Å². The molecule has 2 aromatic heterocycles. The third-order valence-corrected chi connectivity index (χ3v) is 7.09. The van der Waals surface area contributed by atoms with Gasteiger partial charge in [-0.2, -0.15) is 5.10 Å². The van der Waals surface area contributed by atoms with E-state index in [1.54, 1.807) is 18.5 Å². The van der Waals surface area contributed by atoms with Gasteiger partial charge in [0.2, 0.25) is 0 Å². The number of nitrogens with one attached hydrogen (secondary N) is 1. The van der Waals surface area contributed by atoms with Crippen molar-refractivity contribution >= 4 is 32.2 Å². The number of hydrogen-bond donors (Lipinski definition) is 1. The van der Waals surface area contributed by atoms with Gasteiger partial charge >= 0.3 is 0 Å². The molecule has 1 saturated heterocycles. The molecule has 2 aromatic rings. The molecule has 3 heterocycles. The van der Waals surface area contributed by atoms with Crippen LogP contribution >= 0.6 is 11.3 Å². The molecule has 1 amide bonds. The minimum absolute atomic E-state index is 0.0842. The first-order valence-corrected chi connectivity index (χ1v) is 10.3. The van der Waals surface area contributed by atoms with Gasteiger partial charge in [-0.05, 0) is 34.1 Å². The highest BCUT2D eigenvalue weighted by Crippen LogP contribution is 2.28. The smallest absolute Gasteiger partial charge is 0.261 e. The summed E-state index contributed by atoms with van der Waals surface area (Å²) < 4.78 is 25.1. The predicted octanol–water partition coefficient (Wildman–Crippen LogP) is 2.19. The van der Waals surface area contributed by atoms with Gasteiger partial charge < -0.3 is 0 Å². The average molecular weight is 368 g/mol. The zero-order valence-corrected chi connectivity index (χ0v) is 15.7. The number of thiazole rings is 1. The van der Waals surface area contributed by atoms with Gasteiger partial charge in [-0.1, -0.05) is 0 Å². The molecule has 0 saturated carbocycles. The van der Waals surface area contributed by atoms with Crippen LogP contribution in [0.3, 0.4) is 0 Å². The van der Waals surface area contributed by atoms with E-state index in [1.165, 1.54) is 11.3 Å². The largest absolute Gasteiger partial charge is 0.298 e. The lowest BCUT2D eigenvalue weighted by molar-refractivity contribution is 0.102. The fourth-order valence-electron chi connectivity index (χ4n) is 3.00. The molecular formula is C15H20N4O3S2. The Kier molecular flexibility index (Phi) is 4.25. The quantitative estimate of drug-likeness (QED) is 0.896. The minimum Gasteiger partial charge on any atom is -0.298 e. The summed E-state index contributed by atoms with van der Waals surface area (Å²) in [5.74, 6) is 0.00155. The summed E-state index contributed by atoms with van der Waals surface area (Å²) in [7, 11) is -3.00. The molecule has 9 heteroatoms. The number of sulfone groups is 1. The minimum atomic E-state index is -3.00. The van der Waals surface area contributed by atoms with Crippen molar-refractivity contribution in [2.45, 2.75) is 40.2 Å². The van der Waals surface area contributed by atoms with Crippen molar-refractivity contribution in [1.29, 1.82) is 0 Å². The molecule has 0 radical (unpaired) electrons. The predicted molar refractivity (Wildman–Crippen MR) is 93.6 cm³/mol. The summed E-state index contributed by atoms with van der Waals surface area (Å²) in [4.78, 5) is 18.0. The lowest BCUT2D eigenvalue weighted by Gasteiger charge is -2.11. The molecule has 0 aliphatic carbocycles. The number of aromatic nitrogens is 3. The van der Waals surface area contributed by atoms with E-state index < -0.39 is 9.84 Å². The van der Waals surface area contributed by atoms with E-state index in [0.29, 0.717) is 28.5 Å². The van der Waals surface area contributed by atoms with Gasteiger partial charge in [-0.3, -0.25) is 14.8 Å². The first-order chi connectivity index (χ1) is 11.2. The maximum atomic E-state index is 12.6. The standard InChI is InChI=1S/C15H20N4O3S2/c1-8-11(4)23-15(16-8)17-14(20)13-9(2)18-19(10(13)3)12-5-6-24(21,22)7-12/h12H,5-7H2,1-4H3,(H,16,17,20)/t12-/m0/s1. The molecule has 130 valence electrons. The van der Waals surface area contributed by atoms with Gasteiger partial charge in [-0.25, -0.2) is 13.4 Å². The normalized spacial score (nSPS) is 19.6. The molecular weight excluding hydrogens is 348 g/mol. The van der Waals surface area contributed by atoms with Crippen LogP contribution in [0.2, 0.25) is 0 Å². The van der Waals surface area contributed by atoms with Crippen molar-refractivity contribution in [3.8, 4) is 0 Å². The SMILES string of the molecule is Cc1nc(NC(=O)c2c(C)nn([C@H]3CCS(=O)(=O)C3)c2C)sc1C. The monoisotopic (exact) mass is 368 g/mol. The summed E-state index contributed by atoms with van der Waals surface area (Å²) in [5.41, 5.74) is 2.68. The Labute approximate surface area is 145 Å². The van der Waals surface area contributed by atoms with E-state index in [9.17, 15) is 13.2 Å². The Morgan fingerprint density at radius 2 is 1.96 bits per heavy atom. The second-order valence-electron chi connectivity index (χ2n) is 6.16. The number of nitrogens with zero attached hydrogens (tertiary/aromatic N) is 3. The molecule has 7 nitrogen and oxygen atoms in total. The lowest BCUT2D eigenvalue weighted by atomic mass is 10.1. The molecule has 1 aliphatic heterocycles. The number of carbonyl (C=O) groups excluding carboxylic acids is 1. The number of amides is 1. The van der Waals surface area contributed by atoms with E-state index in [-0.39, 0.29) is 23.5 Å². The maximum Gasteiger partial charge on any atom is 0.261 e. The first-order valence-electron chi connectivity index (χ1n) is 7.69. The van der Waals surface area contributed by atoms with Crippen LogP contribution in [0.15, 0.2) is 0 Å². The van der Waals surface area contributed by atoms with Crippen LogP contribution in [0.4, 0.5) is 5.13 Å². The third-order valence-electron chi connectivity index (χ3n) is 4.36. The molecule has 1 aliphatic rings. The molecule has 0 aromatic carbocycles. The summed E-state index contributed by atoms with van der Waals surface area (Å²) in [5, 5.41) is 7.80. The summed E-state index contributed by atoms with van der Waals surface area (Å²) in [6.45, 7) is 7.42. The lowest BCUT2D eigenvalue weighted by Crippen LogP contribution is -2.16. The molecule has 1 N–H and O–H groups in total. The van der Waals surface area contributed by atoms with Gasteiger partial charge in [0.05, 0.1) is 34.5 Å². The van der Waals surface area contributed by atoms with Crippen LogP contribution in [-0.4, -0.2) is 40.6 Å². The molecule has 1 atom stereocenters. The van der Waals surface area contributed by atoms with Gasteiger partial charge in [0.15, 0.2) is 15.0 Å². The number of carbonyl (C=O) groups is 1. The summed E-state index contributed by atoms with van der Waals surface area (Å²) in [6.07, 6.45) is 0.538. The van der Waals surface area contributed by atoms with Crippen molar-refractivity contribution in [2.75, 3.05) is 16.8 Å². The number of anilines is 1. The number of hydrogen-bond acceptors (Lipinski definition) is 6. The van der Waals surface area contributed by atoms with Crippen LogP contribution in [0.5, 0.6) is 0 Å². The second kappa shape index (κ2) is 5.96. The highest BCUT2D eigenvalue weighted by Gasteiger charge is 2.32. The van der Waals surface area contributed by atoms with Crippen LogP contribution < -0.4 is 5.32 Å². The van der Waals surface area contributed by atoms with Crippen LogP contribution in [0.1, 0.15) is 44.8 Å². The van der Waals surface area contributed by atoms with E-state index >= 15 is 0 Å². The molecule has 0 spiro atoms. The van der Waals surface area contributed by atoms with Gasteiger partial charge in [0.25, 0.3) is 5.91 Å². The van der Waals surface area contributed by atoms with E-state index in [0.717, 1.165) is 10.6 Å². The Balaban J connectivity index is 1.87. The van der Waals surface area contributed by atoms with E-state index in [4.69, 9.17) is 0 Å². The average Bonchev–Trinajstić information content (AvgIpc) is 3.07. The highest BCUT2D eigenvalue weighted by molar-refractivity contribution is 7.91. The third kappa shape index (κ3) is 3.10. The zero-order valence-electron chi connectivity index (χ0n) is 14.1. The summed E-state index contributed by atoms with van der Waals surface area (Å²) in [6, 6.07) is -0.195. The molecule has 3 rings (SSSR count). The Morgan fingerprint density at radius 1 is 1.25 bits per heavy atom. The molecule has 0 bridgehead atoms. The molecule has 0 unspecified atom stereocenters. The van der Waals surface area contributed by atoms with Gasteiger partial charge in [0.1, 0.15) is 0 Å². The zero-order chi connectivity index (χ0) is 17.6. The van der Waals surface area contributed by atoms with E-state index in [2.05, 4.69) is 15.4 Å². The fraction of sp³-hybridized carbons (Fsp3) is 0.533. The fourth-order valence-corrected chi connectivity index (χ4v) is 5.50. The molecule has 24 heavy (non-hydrogen) atoms. The maximum absolute atomic E-state index is 12.6. The Bertz CT molecular complexity index is 892.